The van der Waals surface area contributed by atoms with E-state index in [0.29, 0.717) is 18.7 Å². The average Bonchev–Trinajstić information content (AvgIpc) is 3.30. The number of nitrogens with zero attached hydrogens (tertiary/aromatic N) is 1. The fourth-order valence-corrected chi connectivity index (χ4v) is 7.37. The van der Waals surface area contributed by atoms with Crippen LogP contribution in [0.3, 0.4) is 0 Å². The highest BCUT2D eigenvalue weighted by Gasteiger charge is 2.39. The first-order valence-corrected chi connectivity index (χ1v) is 14.1. The predicted octanol–water partition coefficient (Wildman–Crippen LogP) is 4.88. The van der Waals surface area contributed by atoms with Crippen LogP contribution < -0.4 is 10.1 Å². The van der Waals surface area contributed by atoms with Gasteiger partial charge in [0.05, 0.1) is 24.0 Å². The maximum Gasteiger partial charge on any atom is 0.320 e. The molecule has 0 amide bonds. The highest BCUT2D eigenvalue weighted by Crippen LogP contribution is 2.40. The zero-order chi connectivity index (χ0) is 25.0. The van der Waals surface area contributed by atoms with Crippen LogP contribution in [0.15, 0.2) is 47.4 Å². The van der Waals surface area contributed by atoms with Crippen molar-refractivity contribution in [3.63, 3.8) is 0 Å². The van der Waals surface area contributed by atoms with Crippen molar-refractivity contribution in [1.82, 2.24) is 10.2 Å². The number of likely N-dealkylation sites (tertiary alicyclic amines) is 1. The predicted molar refractivity (Wildman–Crippen MR) is 139 cm³/mol. The minimum absolute atomic E-state index is 0.101. The molecular weight excluding hydrogens is 460 g/mol. The van der Waals surface area contributed by atoms with E-state index in [-0.39, 0.29) is 11.6 Å². The number of nitrogens with one attached hydrogen (secondary N) is 1. The lowest BCUT2D eigenvalue weighted by Gasteiger charge is -2.36. The Hall–Kier alpha value is -2.22. The largest absolute Gasteiger partial charge is 0.496 e. The van der Waals surface area contributed by atoms with Gasteiger partial charge in [-0.3, -0.25) is 19.2 Å². The van der Waals surface area contributed by atoms with Crippen LogP contribution in [-0.2, 0) is 22.1 Å². The van der Waals surface area contributed by atoms with Gasteiger partial charge < -0.3 is 9.84 Å². The maximum absolute atomic E-state index is 13.9. The molecule has 2 N–H and O–H groups in total. The van der Waals surface area contributed by atoms with E-state index in [1.807, 2.05) is 35.2 Å². The van der Waals surface area contributed by atoms with Crippen LogP contribution in [0, 0.1) is 0 Å². The molecule has 7 heteroatoms. The van der Waals surface area contributed by atoms with Crippen molar-refractivity contribution in [3.8, 4) is 5.75 Å². The maximum atomic E-state index is 13.9. The first kappa shape index (κ1) is 25.9. The molecule has 6 nitrogen and oxygen atoms in total. The van der Waals surface area contributed by atoms with Gasteiger partial charge in [-0.1, -0.05) is 57.0 Å². The Bertz CT molecular complexity index is 1060. The van der Waals surface area contributed by atoms with Crippen LogP contribution in [0.5, 0.6) is 5.75 Å². The molecule has 2 aliphatic heterocycles. The first-order valence-electron chi connectivity index (χ1n) is 12.8. The summed E-state index contributed by atoms with van der Waals surface area (Å²) in [4.78, 5) is 14.6. The summed E-state index contributed by atoms with van der Waals surface area (Å²) in [6, 6.07) is 13.8. The van der Waals surface area contributed by atoms with Crippen molar-refractivity contribution in [2.45, 2.75) is 81.4 Å². The topological polar surface area (TPSA) is 78.9 Å². The molecule has 0 saturated carbocycles. The quantitative estimate of drug-likeness (QED) is 0.513. The summed E-state index contributed by atoms with van der Waals surface area (Å²) < 4.78 is 19.7. The van der Waals surface area contributed by atoms with Gasteiger partial charge in [0.1, 0.15) is 11.8 Å². The number of hydrogen-bond acceptors (Lipinski definition) is 5. The second-order valence-corrected chi connectivity index (χ2v) is 11.3. The molecule has 0 aliphatic carbocycles. The van der Waals surface area contributed by atoms with Crippen LogP contribution in [0.25, 0.3) is 0 Å². The molecule has 35 heavy (non-hydrogen) atoms. The molecule has 1 fully saturated rings. The number of unbranched alkanes of at least 4 members (excludes halogenated alkanes) is 1. The lowest BCUT2D eigenvalue weighted by Crippen LogP contribution is -2.49. The van der Waals surface area contributed by atoms with Gasteiger partial charge in [0.2, 0.25) is 0 Å². The number of methoxy groups -OCH3 is 1. The number of ether oxygens (including phenoxy) is 1. The molecule has 2 heterocycles. The Morgan fingerprint density at radius 3 is 2.69 bits per heavy atom. The van der Waals surface area contributed by atoms with Crippen molar-refractivity contribution in [3.05, 3.63) is 59.2 Å². The van der Waals surface area contributed by atoms with E-state index in [2.05, 4.69) is 31.3 Å². The number of carboxylic acids is 1. The Morgan fingerprint density at radius 2 is 2.03 bits per heavy atom. The molecule has 2 aliphatic rings. The van der Waals surface area contributed by atoms with Gasteiger partial charge in [-0.05, 0) is 55.5 Å². The van der Waals surface area contributed by atoms with Crippen LogP contribution in [0.4, 0.5) is 0 Å². The van der Waals surface area contributed by atoms with Crippen molar-refractivity contribution < 1.29 is 18.8 Å². The van der Waals surface area contributed by atoms with Gasteiger partial charge in [-0.25, -0.2) is 0 Å². The Morgan fingerprint density at radius 1 is 1.26 bits per heavy atom. The number of fused-ring (bicyclic) bond motifs is 1. The number of benzene rings is 2. The molecule has 1 saturated heterocycles. The number of carboxylic acid groups (broad SMARTS) is 1. The fourth-order valence-electron chi connectivity index (χ4n) is 5.57. The van der Waals surface area contributed by atoms with Gasteiger partial charge >= 0.3 is 5.97 Å². The highest BCUT2D eigenvalue weighted by molar-refractivity contribution is 7.85. The molecule has 0 aromatic heterocycles. The summed E-state index contributed by atoms with van der Waals surface area (Å²) in [5, 5.41) is 13.6. The van der Waals surface area contributed by atoms with Crippen molar-refractivity contribution in [2.75, 3.05) is 19.4 Å². The lowest BCUT2D eigenvalue weighted by atomic mass is 9.88. The molecule has 2 aromatic carbocycles. The molecule has 4 atom stereocenters. The third-order valence-corrected chi connectivity index (χ3v) is 9.33. The summed E-state index contributed by atoms with van der Waals surface area (Å²) in [5.41, 5.74) is 2.80. The molecule has 2 aromatic rings. The number of aliphatic carboxylic acids is 1. The van der Waals surface area contributed by atoms with Crippen LogP contribution in [-0.4, -0.2) is 51.2 Å². The van der Waals surface area contributed by atoms with Gasteiger partial charge in [0.15, 0.2) is 0 Å². The molecule has 190 valence electrons. The molecule has 0 spiro atoms. The highest BCUT2D eigenvalue weighted by atomic mass is 32.2. The summed E-state index contributed by atoms with van der Waals surface area (Å²) in [5.74, 6) is 0.501. The Labute approximate surface area is 211 Å². The van der Waals surface area contributed by atoms with E-state index >= 15 is 0 Å². The second-order valence-electron chi connectivity index (χ2n) is 9.88. The number of rotatable bonds is 9. The molecule has 1 unspecified atom stereocenters. The molecule has 0 bridgehead atoms. The van der Waals surface area contributed by atoms with E-state index in [0.717, 1.165) is 66.0 Å². The third kappa shape index (κ3) is 5.47. The standard InChI is InChI=1S/C28H38N2O4S/c1-4-6-14-28(5-2)19-35(33)25-16-21(18-30-15-10-13-23(30)27(31)32)24(34-3)17-22(25)26(29-28)20-11-8-7-9-12-20/h7-9,11-12,16-17,23,26,29H,4-6,10,13-15,18-19H2,1-3H3,(H,31,32)/t23-,26-,28-,35?/m1/s1. The van der Waals surface area contributed by atoms with E-state index < -0.39 is 22.8 Å². The Balaban J connectivity index is 1.80. The van der Waals surface area contributed by atoms with Crippen molar-refractivity contribution >= 4 is 16.8 Å². The molecular formula is C28H38N2O4S. The zero-order valence-electron chi connectivity index (χ0n) is 21.1. The Kier molecular flexibility index (Phi) is 8.30. The normalized spacial score (nSPS) is 26.8. The smallest absolute Gasteiger partial charge is 0.320 e. The second kappa shape index (κ2) is 11.2. The number of hydrogen-bond donors (Lipinski definition) is 2. The zero-order valence-corrected chi connectivity index (χ0v) is 21.9. The number of carbonyl (C=O) groups is 1. The van der Waals surface area contributed by atoms with E-state index in [1.165, 1.54) is 0 Å². The third-order valence-electron chi connectivity index (χ3n) is 7.67. The van der Waals surface area contributed by atoms with Gasteiger partial charge in [-0.15, -0.1) is 0 Å². The lowest BCUT2D eigenvalue weighted by molar-refractivity contribution is -0.142. The summed E-state index contributed by atoms with van der Waals surface area (Å²) in [7, 11) is 0.459. The van der Waals surface area contributed by atoms with E-state index in [9.17, 15) is 14.1 Å². The monoisotopic (exact) mass is 498 g/mol. The van der Waals surface area contributed by atoms with Gasteiger partial charge in [0.25, 0.3) is 0 Å². The molecule has 4 rings (SSSR count). The minimum Gasteiger partial charge on any atom is -0.496 e. The van der Waals surface area contributed by atoms with Crippen molar-refractivity contribution in [2.24, 2.45) is 0 Å². The first-order chi connectivity index (χ1) is 16.9. The molecule has 0 radical (unpaired) electrons. The average molecular weight is 499 g/mol. The summed E-state index contributed by atoms with van der Waals surface area (Å²) in [6.45, 7) is 5.59. The van der Waals surface area contributed by atoms with Gasteiger partial charge in [-0.2, -0.15) is 0 Å². The van der Waals surface area contributed by atoms with Crippen molar-refractivity contribution in [1.29, 1.82) is 0 Å². The van der Waals surface area contributed by atoms with Gasteiger partial charge in [0, 0.05) is 28.3 Å². The SMILES string of the molecule is CCCC[C@]1(CC)CS(=O)c2cc(CN3CCC[C@@H]3C(=O)O)c(OC)cc2[C@@H](c2ccccc2)N1. The van der Waals surface area contributed by atoms with E-state index in [1.54, 1.807) is 7.11 Å². The van der Waals surface area contributed by atoms with Crippen LogP contribution >= 0.6 is 0 Å². The fraction of sp³-hybridized carbons (Fsp3) is 0.536. The van der Waals surface area contributed by atoms with Crippen LogP contribution in [0.1, 0.15) is 75.1 Å². The minimum atomic E-state index is -1.19. The summed E-state index contributed by atoms with van der Waals surface area (Å²) >= 11 is 0. The summed E-state index contributed by atoms with van der Waals surface area (Å²) in [6.07, 6.45) is 5.57. The van der Waals surface area contributed by atoms with E-state index in [4.69, 9.17) is 4.74 Å². The van der Waals surface area contributed by atoms with Crippen LogP contribution in [0.2, 0.25) is 0 Å².